The maximum atomic E-state index is 12.8. The first-order valence-corrected chi connectivity index (χ1v) is 9.51. The Morgan fingerprint density at radius 3 is 2.70 bits per heavy atom. The Labute approximate surface area is 173 Å². The molecular weight excluding hydrogens is 380 g/mol. The van der Waals surface area contributed by atoms with Crippen LogP contribution in [0.1, 0.15) is 52.8 Å². The maximum absolute atomic E-state index is 12.8. The number of carbonyl (C=O) groups is 1. The molecule has 0 aliphatic heterocycles. The molecule has 0 spiro atoms. The van der Waals surface area contributed by atoms with E-state index in [-0.39, 0.29) is 17.5 Å². The topological polar surface area (TPSA) is 120 Å². The summed E-state index contributed by atoms with van der Waals surface area (Å²) in [5.41, 5.74) is 4.22. The number of carbonyl (C=O) groups excluding carboxylic acids is 1. The third-order valence-electron chi connectivity index (χ3n) is 5.05. The first-order valence-electron chi connectivity index (χ1n) is 9.51. The van der Waals surface area contributed by atoms with Gasteiger partial charge in [0.2, 0.25) is 0 Å². The van der Waals surface area contributed by atoms with Gasteiger partial charge >= 0.3 is 0 Å². The molecule has 0 atom stereocenters. The minimum atomic E-state index is -0.341. The van der Waals surface area contributed by atoms with E-state index in [1.54, 1.807) is 26.1 Å². The molecule has 4 rings (SSSR count). The highest BCUT2D eigenvalue weighted by molar-refractivity contribution is 6.05. The number of nitrogens with one attached hydrogen (secondary N) is 2. The van der Waals surface area contributed by atoms with Crippen LogP contribution in [0.2, 0.25) is 0 Å². The zero-order chi connectivity index (χ0) is 21.4. The lowest BCUT2D eigenvalue weighted by atomic mass is 10.0. The largest absolute Gasteiger partial charge is 0.439 e. The van der Waals surface area contributed by atoms with Crippen LogP contribution in [0.25, 0.3) is 22.4 Å². The van der Waals surface area contributed by atoms with Gasteiger partial charge in [-0.1, -0.05) is 13.8 Å². The Bertz CT molecular complexity index is 1310. The zero-order valence-electron chi connectivity index (χ0n) is 17.1. The van der Waals surface area contributed by atoms with Gasteiger partial charge < -0.3 is 9.73 Å². The van der Waals surface area contributed by atoms with E-state index >= 15 is 0 Å². The summed E-state index contributed by atoms with van der Waals surface area (Å²) in [5.74, 6) is 1.04. The van der Waals surface area contributed by atoms with Crippen molar-refractivity contribution < 1.29 is 9.21 Å². The molecule has 3 heterocycles. The van der Waals surface area contributed by atoms with Crippen LogP contribution in [0, 0.1) is 25.2 Å². The first kappa shape index (κ1) is 19.3. The number of nitrogens with zero attached hydrogens (tertiary/aromatic N) is 4. The number of rotatable bonds is 4. The van der Waals surface area contributed by atoms with Gasteiger partial charge in [0, 0.05) is 23.2 Å². The van der Waals surface area contributed by atoms with Gasteiger partial charge in [-0.05, 0) is 43.2 Å². The number of oxazole rings is 1. The summed E-state index contributed by atoms with van der Waals surface area (Å²) in [4.78, 5) is 21.3. The second kappa shape index (κ2) is 7.44. The molecule has 0 unspecified atom stereocenters. The number of anilines is 1. The fourth-order valence-corrected chi connectivity index (χ4v) is 3.18. The van der Waals surface area contributed by atoms with Crippen LogP contribution < -0.4 is 5.32 Å². The standard InChI is InChI=1S/C22H20N6O2/c1-11(2)22-25-10-18(30-22)20-16-7-15(5-6-17(16)27-28-20)26-21(29)19-13(4)12(3)14(8-23)9-24-19/h5-7,9-11H,1-4H3,(H,26,29)(H,27,28). The summed E-state index contributed by atoms with van der Waals surface area (Å²) in [6.45, 7) is 7.60. The molecule has 30 heavy (non-hydrogen) atoms. The number of amides is 1. The van der Waals surface area contributed by atoms with Crippen LogP contribution in [-0.4, -0.2) is 26.1 Å². The monoisotopic (exact) mass is 400 g/mol. The molecule has 1 amide bonds. The third kappa shape index (κ3) is 3.31. The van der Waals surface area contributed by atoms with E-state index in [0.29, 0.717) is 34.2 Å². The van der Waals surface area contributed by atoms with Crippen LogP contribution in [0.4, 0.5) is 5.69 Å². The number of H-pyrrole nitrogens is 1. The molecule has 8 nitrogen and oxygen atoms in total. The molecule has 0 radical (unpaired) electrons. The summed E-state index contributed by atoms with van der Waals surface area (Å²) < 4.78 is 5.82. The average Bonchev–Trinajstić information content (AvgIpc) is 3.36. The van der Waals surface area contributed by atoms with Crippen molar-refractivity contribution in [3.63, 3.8) is 0 Å². The molecule has 3 aromatic heterocycles. The Kier molecular flexibility index (Phi) is 4.80. The smallest absolute Gasteiger partial charge is 0.274 e. The second-order valence-electron chi connectivity index (χ2n) is 7.39. The maximum Gasteiger partial charge on any atom is 0.274 e. The van der Waals surface area contributed by atoms with Gasteiger partial charge in [0.05, 0.1) is 17.3 Å². The van der Waals surface area contributed by atoms with Gasteiger partial charge in [-0.2, -0.15) is 10.4 Å². The Morgan fingerprint density at radius 2 is 2.00 bits per heavy atom. The summed E-state index contributed by atoms with van der Waals surface area (Å²) in [6.07, 6.45) is 3.08. The van der Waals surface area contributed by atoms with Crippen molar-refractivity contribution in [3.8, 4) is 17.5 Å². The molecule has 0 aliphatic carbocycles. The number of aromatic nitrogens is 4. The van der Waals surface area contributed by atoms with Crippen molar-refractivity contribution in [2.75, 3.05) is 5.32 Å². The van der Waals surface area contributed by atoms with E-state index in [2.05, 4.69) is 31.6 Å². The number of hydrogen-bond acceptors (Lipinski definition) is 6. The van der Waals surface area contributed by atoms with E-state index in [9.17, 15) is 4.79 Å². The summed E-state index contributed by atoms with van der Waals surface area (Å²) in [7, 11) is 0. The van der Waals surface area contributed by atoms with E-state index in [4.69, 9.17) is 9.68 Å². The molecule has 0 aliphatic rings. The number of fused-ring (bicyclic) bond motifs is 1. The van der Waals surface area contributed by atoms with Gasteiger partial charge in [0.25, 0.3) is 5.91 Å². The zero-order valence-corrected chi connectivity index (χ0v) is 17.1. The first-order chi connectivity index (χ1) is 14.4. The van der Waals surface area contributed by atoms with Crippen LogP contribution in [0.5, 0.6) is 0 Å². The van der Waals surface area contributed by atoms with Crippen molar-refractivity contribution in [2.45, 2.75) is 33.6 Å². The van der Waals surface area contributed by atoms with Crippen LogP contribution in [-0.2, 0) is 0 Å². The number of benzene rings is 1. The molecule has 0 fully saturated rings. The van der Waals surface area contributed by atoms with Crippen LogP contribution >= 0.6 is 0 Å². The fourth-order valence-electron chi connectivity index (χ4n) is 3.18. The number of nitriles is 1. The molecule has 8 heteroatoms. The lowest BCUT2D eigenvalue weighted by Crippen LogP contribution is -2.16. The summed E-state index contributed by atoms with van der Waals surface area (Å²) in [5, 5.41) is 20.1. The molecule has 0 bridgehead atoms. The van der Waals surface area contributed by atoms with Gasteiger partial charge in [-0.25, -0.2) is 9.97 Å². The normalized spacial score (nSPS) is 11.1. The van der Waals surface area contributed by atoms with Gasteiger partial charge in [0.15, 0.2) is 11.7 Å². The van der Waals surface area contributed by atoms with E-state index in [0.717, 1.165) is 16.5 Å². The lowest BCUT2D eigenvalue weighted by Gasteiger charge is -2.10. The van der Waals surface area contributed by atoms with Crippen LogP contribution in [0.3, 0.4) is 0 Å². The summed E-state index contributed by atoms with van der Waals surface area (Å²) in [6, 6.07) is 7.53. The molecule has 0 saturated carbocycles. The van der Waals surface area contributed by atoms with E-state index in [1.807, 2.05) is 26.0 Å². The predicted octanol–water partition coefficient (Wildman–Crippen LogP) is 4.48. The van der Waals surface area contributed by atoms with Crippen molar-refractivity contribution in [3.05, 3.63) is 58.9 Å². The molecule has 1 aromatic carbocycles. The van der Waals surface area contributed by atoms with E-state index in [1.165, 1.54) is 6.20 Å². The minimum absolute atomic E-state index is 0.172. The highest BCUT2D eigenvalue weighted by Gasteiger charge is 2.18. The van der Waals surface area contributed by atoms with Crippen molar-refractivity contribution in [1.82, 2.24) is 20.2 Å². The Balaban J connectivity index is 1.66. The van der Waals surface area contributed by atoms with Gasteiger partial charge in [0.1, 0.15) is 17.5 Å². The van der Waals surface area contributed by atoms with E-state index < -0.39 is 0 Å². The average molecular weight is 400 g/mol. The molecule has 4 aromatic rings. The SMILES string of the molecule is Cc1c(C#N)cnc(C(=O)Nc2ccc3[nH]nc(-c4cnc(C(C)C)o4)c3c2)c1C. The van der Waals surface area contributed by atoms with Gasteiger partial charge in [-0.15, -0.1) is 0 Å². The molecule has 2 N–H and O–H groups in total. The Morgan fingerprint density at radius 1 is 1.20 bits per heavy atom. The Hall–Kier alpha value is -3.99. The highest BCUT2D eigenvalue weighted by Crippen LogP contribution is 2.30. The summed E-state index contributed by atoms with van der Waals surface area (Å²) >= 11 is 0. The lowest BCUT2D eigenvalue weighted by molar-refractivity contribution is 0.102. The second-order valence-corrected chi connectivity index (χ2v) is 7.39. The molecule has 150 valence electrons. The van der Waals surface area contributed by atoms with Crippen molar-refractivity contribution in [2.24, 2.45) is 0 Å². The predicted molar refractivity (Wildman–Crippen MR) is 112 cm³/mol. The van der Waals surface area contributed by atoms with Crippen LogP contribution in [0.15, 0.2) is 35.0 Å². The minimum Gasteiger partial charge on any atom is -0.439 e. The number of hydrogen-bond donors (Lipinski definition) is 2. The third-order valence-corrected chi connectivity index (χ3v) is 5.05. The number of pyridine rings is 1. The fraction of sp³-hybridized carbons (Fsp3) is 0.227. The van der Waals surface area contributed by atoms with Crippen molar-refractivity contribution >= 4 is 22.5 Å². The molecular formula is C22H20N6O2. The van der Waals surface area contributed by atoms with Gasteiger partial charge in [-0.3, -0.25) is 9.89 Å². The highest BCUT2D eigenvalue weighted by atomic mass is 16.4. The number of aromatic amines is 1. The molecule has 0 saturated heterocycles. The van der Waals surface area contributed by atoms with Crippen molar-refractivity contribution in [1.29, 1.82) is 5.26 Å². The quantitative estimate of drug-likeness (QED) is 0.521.